The molecule has 0 aliphatic carbocycles. The number of carbonyl (C=O) groups is 1. The highest BCUT2D eigenvalue weighted by atomic mass is 32.2. The Bertz CT molecular complexity index is 725. The Morgan fingerprint density at radius 2 is 1.80 bits per heavy atom. The standard InChI is InChI=1S/C14H15NO4S/c16-14(15-7-8-20(17,18)19)10-11-5-6-12-3-1-2-4-13(12)9-11/h1-6,9H,7-8,10H2,(H,15,16)(H,17,18,19). The highest BCUT2D eigenvalue weighted by molar-refractivity contribution is 7.85. The van der Waals surface area contributed by atoms with Gasteiger partial charge < -0.3 is 5.32 Å². The quantitative estimate of drug-likeness (QED) is 0.816. The molecule has 20 heavy (non-hydrogen) atoms. The van der Waals surface area contributed by atoms with Crippen molar-refractivity contribution in [3.8, 4) is 0 Å². The number of fused-ring (bicyclic) bond motifs is 1. The second-order valence-corrected chi connectivity index (χ2v) is 6.07. The number of amides is 1. The van der Waals surface area contributed by atoms with Gasteiger partial charge in [-0.25, -0.2) is 0 Å². The van der Waals surface area contributed by atoms with E-state index in [9.17, 15) is 13.2 Å². The van der Waals surface area contributed by atoms with Gasteiger partial charge in [-0.05, 0) is 16.3 Å². The first-order chi connectivity index (χ1) is 9.44. The third-order valence-electron chi connectivity index (χ3n) is 2.86. The van der Waals surface area contributed by atoms with Crippen LogP contribution in [0.2, 0.25) is 0 Å². The lowest BCUT2D eigenvalue weighted by Gasteiger charge is -2.05. The van der Waals surface area contributed by atoms with Crippen molar-refractivity contribution in [2.45, 2.75) is 6.42 Å². The van der Waals surface area contributed by atoms with Crippen molar-refractivity contribution in [3.05, 3.63) is 48.0 Å². The molecule has 0 bridgehead atoms. The van der Waals surface area contributed by atoms with Gasteiger partial charge in [0.15, 0.2) is 0 Å². The Morgan fingerprint density at radius 1 is 1.10 bits per heavy atom. The van der Waals surface area contributed by atoms with E-state index < -0.39 is 15.9 Å². The highest BCUT2D eigenvalue weighted by Crippen LogP contribution is 2.15. The van der Waals surface area contributed by atoms with Crippen molar-refractivity contribution in [2.24, 2.45) is 0 Å². The molecule has 0 fully saturated rings. The predicted molar refractivity (Wildman–Crippen MR) is 77.1 cm³/mol. The van der Waals surface area contributed by atoms with E-state index in [2.05, 4.69) is 5.32 Å². The molecule has 0 radical (unpaired) electrons. The normalized spacial score (nSPS) is 11.4. The Balaban J connectivity index is 1.96. The molecule has 6 heteroatoms. The zero-order chi connectivity index (χ0) is 14.6. The number of nitrogens with one attached hydrogen (secondary N) is 1. The Morgan fingerprint density at radius 3 is 2.50 bits per heavy atom. The number of hydrogen-bond donors (Lipinski definition) is 2. The van der Waals surface area contributed by atoms with Crippen LogP contribution in [0.4, 0.5) is 0 Å². The summed E-state index contributed by atoms with van der Waals surface area (Å²) in [6, 6.07) is 13.6. The number of carbonyl (C=O) groups excluding carboxylic acids is 1. The van der Waals surface area contributed by atoms with Crippen molar-refractivity contribution in [1.82, 2.24) is 5.32 Å². The summed E-state index contributed by atoms with van der Waals surface area (Å²) in [5, 5.41) is 4.61. The van der Waals surface area contributed by atoms with Crippen LogP contribution in [0.3, 0.4) is 0 Å². The highest BCUT2D eigenvalue weighted by Gasteiger charge is 2.07. The molecule has 1 amide bonds. The molecule has 0 unspecified atom stereocenters. The van der Waals surface area contributed by atoms with E-state index in [0.717, 1.165) is 16.3 Å². The van der Waals surface area contributed by atoms with E-state index in [-0.39, 0.29) is 18.9 Å². The lowest BCUT2D eigenvalue weighted by Crippen LogP contribution is -2.30. The maximum absolute atomic E-state index is 11.6. The molecule has 0 heterocycles. The van der Waals surface area contributed by atoms with Gasteiger partial charge in [-0.3, -0.25) is 9.35 Å². The Hall–Kier alpha value is -1.92. The first-order valence-electron chi connectivity index (χ1n) is 6.13. The van der Waals surface area contributed by atoms with Gasteiger partial charge in [0.2, 0.25) is 5.91 Å². The van der Waals surface area contributed by atoms with E-state index in [4.69, 9.17) is 4.55 Å². The number of benzene rings is 2. The van der Waals surface area contributed by atoms with E-state index >= 15 is 0 Å². The summed E-state index contributed by atoms with van der Waals surface area (Å²) in [7, 11) is -4.04. The van der Waals surface area contributed by atoms with Crippen LogP contribution in [0.15, 0.2) is 42.5 Å². The summed E-state index contributed by atoms with van der Waals surface area (Å²) in [5.41, 5.74) is 0.855. The van der Waals surface area contributed by atoms with Crippen LogP contribution in [0.25, 0.3) is 10.8 Å². The van der Waals surface area contributed by atoms with Crippen LogP contribution in [-0.2, 0) is 21.3 Å². The summed E-state index contributed by atoms with van der Waals surface area (Å²) in [5.74, 6) is -0.750. The largest absolute Gasteiger partial charge is 0.355 e. The molecular weight excluding hydrogens is 278 g/mol. The fourth-order valence-electron chi connectivity index (χ4n) is 1.92. The summed E-state index contributed by atoms with van der Waals surface area (Å²) in [4.78, 5) is 11.6. The molecule has 106 valence electrons. The molecule has 0 aromatic heterocycles. The molecule has 2 aromatic rings. The maximum atomic E-state index is 11.6. The minimum absolute atomic E-state index is 0.0920. The lowest BCUT2D eigenvalue weighted by molar-refractivity contribution is -0.120. The topological polar surface area (TPSA) is 83.5 Å². The molecule has 0 aliphatic rings. The first kappa shape index (κ1) is 14.5. The number of rotatable bonds is 5. The minimum Gasteiger partial charge on any atom is -0.355 e. The van der Waals surface area contributed by atoms with Crippen LogP contribution >= 0.6 is 0 Å². The van der Waals surface area contributed by atoms with Crippen LogP contribution in [0.5, 0.6) is 0 Å². The Labute approximate surface area is 117 Å². The van der Waals surface area contributed by atoms with Crippen molar-refractivity contribution in [1.29, 1.82) is 0 Å². The fourth-order valence-corrected chi connectivity index (χ4v) is 2.28. The van der Waals surface area contributed by atoms with E-state index in [1.54, 1.807) is 0 Å². The fraction of sp³-hybridized carbons (Fsp3) is 0.214. The summed E-state index contributed by atoms with van der Waals surface area (Å²) in [6.45, 7) is -0.0920. The van der Waals surface area contributed by atoms with Crippen LogP contribution in [-0.4, -0.2) is 31.2 Å². The zero-order valence-electron chi connectivity index (χ0n) is 10.7. The van der Waals surface area contributed by atoms with Gasteiger partial charge in [0.05, 0.1) is 12.2 Å². The van der Waals surface area contributed by atoms with Crippen molar-refractivity contribution < 1.29 is 17.8 Å². The lowest BCUT2D eigenvalue weighted by atomic mass is 10.1. The van der Waals surface area contributed by atoms with E-state index in [1.807, 2.05) is 42.5 Å². The third-order valence-corrected chi connectivity index (χ3v) is 3.58. The summed E-state index contributed by atoms with van der Waals surface area (Å²) < 4.78 is 29.6. The second kappa shape index (κ2) is 6.02. The number of hydrogen-bond acceptors (Lipinski definition) is 3. The maximum Gasteiger partial charge on any atom is 0.266 e. The van der Waals surface area contributed by atoms with E-state index in [1.165, 1.54) is 0 Å². The minimum atomic E-state index is -4.04. The Kier molecular flexibility index (Phi) is 4.36. The average Bonchev–Trinajstić information content (AvgIpc) is 2.37. The smallest absolute Gasteiger partial charge is 0.266 e. The van der Waals surface area contributed by atoms with Crippen LogP contribution in [0.1, 0.15) is 5.56 Å². The van der Waals surface area contributed by atoms with Crippen LogP contribution in [0, 0.1) is 0 Å². The van der Waals surface area contributed by atoms with Crippen molar-refractivity contribution in [3.63, 3.8) is 0 Å². The van der Waals surface area contributed by atoms with Gasteiger partial charge in [0.25, 0.3) is 10.1 Å². The van der Waals surface area contributed by atoms with Gasteiger partial charge in [0, 0.05) is 6.54 Å². The first-order valence-corrected chi connectivity index (χ1v) is 7.74. The van der Waals surface area contributed by atoms with Crippen molar-refractivity contribution in [2.75, 3.05) is 12.3 Å². The molecule has 2 rings (SSSR count). The zero-order valence-corrected chi connectivity index (χ0v) is 11.6. The molecule has 2 aromatic carbocycles. The predicted octanol–water partition coefficient (Wildman–Crippen LogP) is 1.39. The molecule has 0 atom stereocenters. The molecule has 0 spiro atoms. The summed E-state index contributed by atoms with van der Waals surface area (Å²) in [6.07, 6.45) is 0.177. The van der Waals surface area contributed by atoms with Gasteiger partial charge >= 0.3 is 0 Å². The monoisotopic (exact) mass is 293 g/mol. The van der Waals surface area contributed by atoms with Gasteiger partial charge in [-0.1, -0.05) is 42.5 Å². The molecular formula is C14H15NO4S. The van der Waals surface area contributed by atoms with Gasteiger partial charge in [0.1, 0.15) is 0 Å². The third kappa shape index (κ3) is 4.32. The van der Waals surface area contributed by atoms with Crippen molar-refractivity contribution >= 4 is 26.8 Å². The average molecular weight is 293 g/mol. The van der Waals surface area contributed by atoms with Gasteiger partial charge in [-0.15, -0.1) is 0 Å². The second-order valence-electron chi connectivity index (χ2n) is 4.49. The van der Waals surface area contributed by atoms with Gasteiger partial charge in [-0.2, -0.15) is 8.42 Å². The molecule has 0 saturated carbocycles. The molecule has 0 aliphatic heterocycles. The molecule has 2 N–H and O–H groups in total. The SMILES string of the molecule is O=C(Cc1ccc2ccccc2c1)NCCS(=O)(=O)O. The molecule has 0 saturated heterocycles. The summed E-state index contributed by atoms with van der Waals surface area (Å²) >= 11 is 0. The van der Waals surface area contributed by atoms with Crippen LogP contribution < -0.4 is 5.32 Å². The van der Waals surface area contributed by atoms with E-state index in [0.29, 0.717) is 0 Å². The molecule has 5 nitrogen and oxygen atoms in total.